The molecule has 1 N–H and O–H groups in total. The highest BCUT2D eigenvalue weighted by Crippen LogP contribution is 2.17. The maximum Gasteiger partial charge on any atom is 0.253 e. The number of benzene rings is 1. The molecule has 0 atom stereocenters. The van der Waals surface area contributed by atoms with Crippen LogP contribution in [0.15, 0.2) is 55.0 Å². The van der Waals surface area contributed by atoms with Gasteiger partial charge in [0.25, 0.3) is 5.91 Å². The van der Waals surface area contributed by atoms with Crippen LogP contribution in [0.5, 0.6) is 5.88 Å². The van der Waals surface area contributed by atoms with Crippen molar-refractivity contribution in [2.45, 2.75) is 6.54 Å². The van der Waals surface area contributed by atoms with E-state index >= 15 is 0 Å². The van der Waals surface area contributed by atoms with Gasteiger partial charge in [-0.2, -0.15) is 0 Å². The fourth-order valence-electron chi connectivity index (χ4n) is 2.21. The quantitative estimate of drug-likeness (QED) is 0.803. The van der Waals surface area contributed by atoms with Crippen molar-refractivity contribution in [1.82, 2.24) is 15.3 Å². The molecular formula is C17H15N3O2. The van der Waals surface area contributed by atoms with Crippen LogP contribution in [0.1, 0.15) is 15.9 Å². The highest BCUT2D eigenvalue weighted by Gasteiger charge is 2.10. The van der Waals surface area contributed by atoms with Gasteiger partial charge in [0.05, 0.1) is 12.7 Å². The molecule has 0 unspecified atom stereocenters. The third kappa shape index (κ3) is 2.88. The van der Waals surface area contributed by atoms with Crippen molar-refractivity contribution < 1.29 is 9.53 Å². The van der Waals surface area contributed by atoms with E-state index in [2.05, 4.69) is 15.3 Å². The van der Waals surface area contributed by atoms with Gasteiger partial charge in [0.1, 0.15) is 0 Å². The highest BCUT2D eigenvalue weighted by atomic mass is 16.5. The van der Waals surface area contributed by atoms with Gasteiger partial charge in [-0.05, 0) is 10.9 Å². The Morgan fingerprint density at radius 2 is 2.00 bits per heavy atom. The Hall–Kier alpha value is -2.95. The average Bonchev–Trinajstić information content (AvgIpc) is 2.59. The zero-order valence-electron chi connectivity index (χ0n) is 12.1. The summed E-state index contributed by atoms with van der Waals surface area (Å²) >= 11 is 0. The normalized spacial score (nSPS) is 10.4. The fourth-order valence-corrected chi connectivity index (χ4v) is 2.21. The maximum absolute atomic E-state index is 12.4. The second kappa shape index (κ2) is 6.22. The number of carbonyl (C=O) groups excluding carboxylic acids is 1. The zero-order chi connectivity index (χ0) is 15.4. The number of hydrogen-bond donors (Lipinski definition) is 1. The first kappa shape index (κ1) is 14.0. The Bertz CT molecular complexity index is 795. The molecule has 0 aliphatic rings. The van der Waals surface area contributed by atoms with E-state index in [1.54, 1.807) is 31.8 Å². The minimum Gasteiger partial charge on any atom is -0.481 e. The molecule has 5 nitrogen and oxygen atoms in total. The number of rotatable bonds is 4. The number of methoxy groups -OCH3 is 1. The van der Waals surface area contributed by atoms with Crippen LogP contribution in [0.3, 0.4) is 0 Å². The first-order valence-corrected chi connectivity index (χ1v) is 6.88. The van der Waals surface area contributed by atoms with E-state index in [0.717, 1.165) is 16.3 Å². The van der Waals surface area contributed by atoms with Gasteiger partial charge < -0.3 is 10.1 Å². The third-order valence-corrected chi connectivity index (χ3v) is 3.37. The lowest BCUT2D eigenvalue weighted by Crippen LogP contribution is -2.23. The second-order valence-electron chi connectivity index (χ2n) is 4.80. The van der Waals surface area contributed by atoms with Crippen molar-refractivity contribution >= 4 is 16.7 Å². The molecule has 1 amide bonds. The molecule has 0 radical (unpaired) electrons. The third-order valence-electron chi connectivity index (χ3n) is 3.37. The van der Waals surface area contributed by atoms with E-state index in [1.807, 2.05) is 30.3 Å². The van der Waals surface area contributed by atoms with Crippen LogP contribution in [-0.2, 0) is 6.54 Å². The smallest absolute Gasteiger partial charge is 0.253 e. The Morgan fingerprint density at radius 3 is 2.77 bits per heavy atom. The molecule has 3 rings (SSSR count). The molecule has 0 fully saturated rings. The Kier molecular flexibility index (Phi) is 3.96. The average molecular weight is 293 g/mol. The molecule has 3 aromatic rings. The molecule has 0 spiro atoms. The summed E-state index contributed by atoms with van der Waals surface area (Å²) in [5.74, 6) is 0.397. The Morgan fingerprint density at radius 1 is 1.14 bits per heavy atom. The first-order chi connectivity index (χ1) is 10.8. The lowest BCUT2D eigenvalue weighted by molar-refractivity contribution is 0.0952. The van der Waals surface area contributed by atoms with E-state index in [9.17, 15) is 4.79 Å². The monoisotopic (exact) mass is 293 g/mol. The first-order valence-electron chi connectivity index (χ1n) is 6.88. The van der Waals surface area contributed by atoms with Crippen LogP contribution in [0.25, 0.3) is 10.8 Å². The van der Waals surface area contributed by atoms with Crippen LogP contribution in [0.2, 0.25) is 0 Å². The van der Waals surface area contributed by atoms with E-state index in [-0.39, 0.29) is 5.91 Å². The van der Waals surface area contributed by atoms with E-state index in [4.69, 9.17) is 4.74 Å². The summed E-state index contributed by atoms with van der Waals surface area (Å²) in [4.78, 5) is 20.6. The van der Waals surface area contributed by atoms with E-state index < -0.39 is 0 Å². The fraction of sp³-hybridized carbons (Fsp3) is 0.118. The van der Waals surface area contributed by atoms with Crippen molar-refractivity contribution in [3.8, 4) is 5.88 Å². The van der Waals surface area contributed by atoms with Crippen molar-refractivity contribution in [3.05, 3.63) is 66.1 Å². The van der Waals surface area contributed by atoms with E-state index in [0.29, 0.717) is 18.0 Å². The van der Waals surface area contributed by atoms with Crippen molar-refractivity contribution in [3.63, 3.8) is 0 Å². The molecule has 0 saturated carbocycles. The molecule has 0 aliphatic carbocycles. The van der Waals surface area contributed by atoms with Gasteiger partial charge in [-0.15, -0.1) is 0 Å². The number of carbonyl (C=O) groups is 1. The molecule has 0 bridgehead atoms. The number of pyridine rings is 2. The molecule has 22 heavy (non-hydrogen) atoms. The van der Waals surface area contributed by atoms with Gasteiger partial charge in [0.15, 0.2) is 0 Å². The number of nitrogens with one attached hydrogen (secondary N) is 1. The van der Waals surface area contributed by atoms with Gasteiger partial charge in [-0.25, -0.2) is 4.98 Å². The van der Waals surface area contributed by atoms with Crippen molar-refractivity contribution in [2.75, 3.05) is 7.11 Å². The summed E-state index contributed by atoms with van der Waals surface area (Å²) < 4.78 is 5.01. The van der Waals surface area contributed by atoms with Gasteiger partial charge in [0.2, 0.25) is 5.88 Å². The molecule has 2 heterocycles. The summed E-state index contributed by atoms with van der Waals surface area (Å²) in [6, 6.07) is 11.3. The molecule has 1 aromatic carbocycles. The van der Waals surface area contributed by atoms with Crippen LogP contribution in [-0.4, -0.2) is 23.0 Å². The molecular weight excluding hydrogens is 278 g/mol. The number of nitrogens with zero attached hydrogens (tertiary/aromatic N) is 2. The Balaban J connectivity index is 1.75. The Labute approximate surface area is 128 Å². The minimum atomic E-state index is -0.153. The van der Waals surface area contributed by atoms with Crippen LogP contribution in [0.4, 0.5) is 0 Å². The van der Waals surface area contributed by atoms with Gasteiger partial charge in [-0.1, -0.05) is 30.3 Å². The standard InChI is InChI=1S/C17H15N3O2/c1-22-16-7-6-12(8-19-16)9-20-17(21)15-11-18-10-13-4-2-3-5-14(13)15/h2-8,10-11H,9H2,1H3,(H,20,21). The molecule has 5 heteroatoms. The van der Waals surface area contributed by atoms with Gasteiger partial charge in [0, 0.05) is 36.6 Å². The predicted octanol–water partition coefficient (Wildman–Crippen LogP) is 2.57. The summed E-state index contributed by atoms with van der Waals surface area (Å²) in [5.41, 5.74) is 1.47. The predicted molar refractivity (Wildman–Crippen MR) is 83.7 cm³/mol. The summed E-state index contributed by atoms with van der Waals surface area (Å²) in [6.45, 7) is 0.402. The summed E-state index contributed by atoms with van der Waals surface area (Å²) in [6.07, 6.45) is 5.02. The van der Waals surface area contributed by atoms with E-state index in [1.165, 1.54) is 0 Å². The zero-order valence-corrected chi connectivity index (χ0v) is 12.1. The SMILES string of the molecule is COc1ccc(CNC(=O)c2cncc3ccccc23)cn1. The van der Waals surface area contributed by atoms with Crippen molar-refractivity contribution in [1.29, 1.82) is 0 Å². The van der Waals surface area contributed by atoms with Gasteiger partial charge in [-0.3, -0.25) is 9.78 Å². The van der Waals surface area contributed by atoms with Gasteiger partial charge >= 0.3 is 0 Å². The molecule has 0 aliphatic heterocycles. The van der Waals surface area contributed by atoms with Crippen molar-refractivity contribution in [2.24, 2.45) is 0 Å². The largest absolute Gasteiger partial charge is 0.481 e. The summed E-state index contributed by atoms with van der Waals surface area (Å²) in [7, 11) is 1.57. The lowest BCUT2D eigenvalue weighted by Gasteiger charge is -2.08. The number of fused-ring (bicyclic) bond motifs is 1. The number of aromatic nitrogens is 2. The summed E-state index contributed by atoms with van der Waals surface area (Å²) in [5, 5.41) is 4.72. The lowest BCUT2D eigenvalue weighted by atomic mass is 10.1. The molecule has 110 valence electrons. The molecule has 2 aromatic heterocycles. The number of amides is 1. The van der Waals surface area contributed by atoms with Crippen LogP contribution < -0.4 is 10.1 Å². The maximum atomic E-state index is 12.4. The number of ether oxygens (including phenoxy) is 1. The second-order valence-corrected chi connectivity index (χ2v) is 4.80. The molecule has 0 saturated heterocycles. The number of hydrogen-bond acceptors (Lipinski definition) is 4. The topological polar surface area (TPSA) is 64.1 Å². The van der Waals surface area contributed by atoms with Crippen LogP contribution >= 0.6 is 0 Å². The van der Waals surface area contributed by atoms with Crippen LogP contribution in [0, 0.1) is 0 Å². The highest BCUT2D eigenvalue weighted by molar-refractivity contribution is 6.06. The minimum absolute atomic E-state index is 0.153.